The van der Waals surface area contributed by atoms with Gasteiger partial charge in [0.15, 0.2) is 5.35 Å². The minimum absolute atomic E-state index is 0.371. The van der Waals surface area contributed by atoms with Crippen molar-refractivity contribution in [2.24, 2.45) is 10.0 Å². The van der Waals surface area contributed by atoms with Crippen LogP contribution in [0, 0.1) is 5.41 Å². The molecule has 10 heteroatoms. The van der Waals surface area contributed by atoms with Crippen molar-refractivity contribution in [3.63, 3.8) is 0 Å². The van der Waals surface area contributed by atoms with Gasteiger partial charge in [-0.2, -0.15) is 4.98 Å². The molecule has 0 radical (unpaired) electrons. The molecule has 8 nitrogen and oxygen atoms in total. The van der Waals surface area contributed by atoms with E-state index in [1.54, 1.807) is 16.8 Å². The second-order valence-electron chi connectivity index (χ2n) is 12.2. The van der Waals surface area contributed by atoms with Crippen LogP contribution in [0.3, 0.4) is 0 Å². The molecule has 1 aromatic heterocycles. The summed E-state index contributed by atoms with van der Waals surface area (Å²) in [7, 11) is -0.481. The molecule has 2 heterocycles. The van der Waals surface area contributed by atoms with E-state index in [0.29, 0.717) is 5.82 Å². The quantitative estimate of drug-likeness (QED) is 0.607. The zero-order valence-corrected chi connectivity index (χ0v) is 24.7. The van der Waals surface area contributed by atoms with Crippen molar-refractivity contribution >= 4 is 24.6 Å². The lowest BCUT2D eigenvalue weighted by molar-refractivity contribution is -0.176. The number of aromatic nitrogens is 2. The van der Waals surface area contributed by atoms with Gasteiger partial charge in [-0.15, -0.1) is 0 Å². The SMILES string of the molecule is C[SiH](C)[C@@]1(n2ccc(N=[SiH2])nc2=O)O[C@H](C(O)C(C)(C)C)[C@@H](OC(C)(C)C)[C@H]1OC(C)(C)C. The minimum Gasteiger partial charge on any atom is -0.390 e. The fourth-order valence-corrected chi connectivity index (χ4v) is 6.52. The van der Waals surface area contributed by atoms with Gasteiger partial charge in [0.1, 0.15) is 24.1 Å². The largest absolute Gasteiger partial charge is 0.390 e. The first-order valence-electron chi connectivity index (χ1n) is 11.6. The Kier molecular flexibility index (Phi) is 8.15. The zero-order valence-electron chi connectivity index (χ0n) is 22.2. The molecule has 1 unspecified atom stereocenters. The van der Waals surface area contributed by atoms with Crippen LogP contribution in [0.2, 0.25) is 13.1 Å². The van der Waals surface area contributed by atoms with Crippen LogP contribution in [0.15, 0.2) is 21.7 Å². The van der Waals surface area contributed by atoms with Gasteiger partial charge in [0, 0.05) is 6.20 Å². The summed E-state index contributed by atoms with van der Waals surface area (Å²) in [4.78, 5) is 17.4. The lowest BCUT2D eigenvalue weighted by Gasteiger charge is -2.42. The number of aliphatic hydroxyl groups is 1. The van der Waals surface area contributed by atoms with Crippen molar-refractivity contribution in [3.8, 4) is 0 Å². The fraction of sp³-hybridized carbons (Fsp3) is 0.826. The molecule has 0 spiro atoms. The summed E-state index contributed by atoms with van der Waals surface area (Å²) in [6.07, 6.45) is -1.09. The van der Waals surface area contributed by atoms with Crippen molar-refractivity contribution in [2.45, 2.75) is 116 Å². The predicted molar refractivity (Wildman–Crippen MR) is 136 cm³/mol. The van der Waals surface area contributed by atoms with E-state index in [1.807, 2.05) is 62.3 Å². The first-order valence-corrected chi connectivity index (χ1v) is 15.1. The maximum atomic E-state index is 13.3. The van der Waals surface area contributed by atoms with Crippen molar-refractivity contribution in [1.29, 1.82) is 0 Å². The van der Waals surface area contributed by atoms with Crippen molar-refractivity contribution < 1.29 is 19.3 Å². The average molecular weight is 498 g/mol. The summed E-state index contributed by atoms with van der Waals surface area (Å²) in [5.74, 6) is 0.371. The van der Waals surface area contributed by atoms with Gasteiger partial charge in [0.25, 0.3) is 0 Å². The molecule has 1 aliphatic rings. The molecule has 0 amide bonds. The van der Waals surface area contributed by atoms with E-state index in [-0.39, 0.29) is 0 Å². The number of aliphatic hydroxyl groups excluding tert-OH is 1. The van der Waals surface area contributed by atoms with E-state index >= 15 is 0 Å². The van der Waals surface area contributed by atoms with Gasteiger partial charge < -0.3 is 19.3 Å². The number of nitrogens with zero attached hydrogens (tertiary/aromatic N) is 3. The highest BCUT2D eigenvalue weighted by molar-refractivity contribution is 6.58. The van der Waals surface area contributed by atoms with E-state index in [1.165, 1.54) is 10.0 Å². The molecule has 0 aliphatic carbocycles. The second kappa shape index (κ2) is 9.54. The lowest BCUT2D eigenvalue weighted by Crippen LogP contribution is -2.60. The number of hydrogen-bond acceptors (Lipinski definition) is 7. The highest BCUT2D eigenvalue weighted by Crippen LogP contribution is 2.46. The monoisotopic (exact) mass is 497 g/mol. The van der Waals surface area contributed by atoms with E-state index < -0.39 is 60.9 Å². The van der Waals surface area contributed by atoms with Crippen LogP contribution >= 0.6 is 0 Å². The molecule has 5 atom stereocenters. The summed E-state index contributed by atoms with van der Waals surface area (Å²) in [6.45, 7) is 22.0. The van der Waals surface area contributed by atoms with Crippen molar-refractivity contribution in [3.05, 3.63) is 22.7 Å². The standard InChI is InChI=1S/C23H43N3O5Si2/c1-20(2,3)17(27)15-16(29-21(4,5)6)18(31-22(7,8)9)23(30-15,33(10)11)26-13-12-14(25-32)24-19(26)28/h12-13,15-18,27,33H,32H2,1-11H3/t15-,16+,17?,18+,23-/m0/s1. The Bertz CT molecular complexity index is 901. The maximum Gasteiger partial charge on any atom is 0.351 e. The molecule has 33 heavy (non-hydrogen) atoms. The molecule has 1 fully saturated rings. The highest BCUT2D eigenvalue weighted by atomic mass is 28.3. The van der Waals surface area contributed by atoms with E-state index in [0.717, 1.165) is 0 Å². The molecule has 0 aromatic carbocycles. The lowest BCUT2D eigenvalue weighted by atomic mass is 9.83. The molecule has 0 saturated carbocycles. The average Bonchev–Trinajstić information content (AvgIpc) is 2.92. The van der Waals surface area contributed by atoms with Gasteiger partial charge in [-0.1, -0.05) is 33.9 Å². The van der Waals surface area contributed by atoms with Gasteiger partial charge >= 0.3 is 5.69 Å². The minimum atomic E-state index is -1.87. The number of rotatable bonds is 6. The third kappa shape index (κ3) is 6.15. The summed E-state index contributed by atoms with van der Waals surface area (Å²) in [5, 5.41) is 10.3. The van der Waals surface area contributed by atoms with Gasteiger partial charge in [-0.3, -0.25) is 9.20 Å². The smallest absolute Gasteiger partial charge is 0.351 e. The first kappa shape index (κ1) is 28.2. The second-order valence-corrected chi connectivity index (χ2v) is 15.7. The predicted octanol–water partition coefficient (Wildman–Crippen LogP) is 2.54. The topological polar surface area (TPSA) is 95.2 Å². The Morgan fingerprint density at radius 2 is 1.70 bits per heavy atom. The molecule has 1 N–H and O–H groups in total. The Labute approximate surface area is 202 Å². The Morgan fingerprint density at radius 1 is 1.15 bits per heavy atom. The Hall–Kier alpha value is -1.05. The zero-order chi connectivity index (χ0) is 25.6. The summed E-state index contributed by atoms with van der Waals surface area (Å²) < 4.78 is 25.6. The first-order chi connectivity index (χ1) is 14.8. The van der Waals surface area contributed by atoms with Gasteiger partial charge in [0.05, 0.1) is 36.1 Å². The summed E-state index contributed by atoms with van der Waals surface area (Å²) in [6, 6.07) is 1.71. The molecular formula is C23H43N3O5Si2. The maximum absolute atomic E-state index is 13.3. The van der Waals surface area contributed by atoms with E-state index in [9.17, 15) is 9.90 Å². The van der Waals surface area contributed by atoms with Gasteiger partial charge in [-0.05, 0) is 53.0 Å². The molecule has 1 saturated heterocycles. The Morgan fingerprint density at radius 3 is 2.09 bits per heavy atom. The normalized spacial score (nSPS) is 27.7. The van der Waals surface area contributed by atoms with Crippen LogP contribution in [0.5, 0.6) is 0 Å². The number of hydrogen-bond donors (Lipinski definition) is 1. The molecule has 1 aromatic rings. The summed E-state index contributed by atoms with van der Waals surface area (Å²) >= 11 is 0. The van der Waals surface area contributed by atoms with Crippen molar-refractivity contribution in [1.82, 2.24) is 9.55 Å². The van der Waals surface area contributed by atoms with Crippen molar-refractivity contribution in [2.75, 3.05) is 0 Å². The molecule has 188 valence electrons. The molecular weight excluding hydrogens is 454 g/mol. The van der Waals surface area contributed by atoms with Crippen LogP contribution in [0.4, 0.5) is 5.82 Å². The van der Waals surface area contributed by atoms with Crippen LogP contribution < -0.4 is 5.69 Å². The van der Waals surface area contributed by atoms with E-state index in [2.05, 4.69) is 22.7 Å². The fourth-order valence-electron chi connectivity index (χ4n) is 4.25. The Balaban J connectivity index is 2.84. The molecule has 2 rings (SSSR count). The third-order valence-corrected chi connectivity index (χ3v) is 8.40. The highest BCUT2D eigenvalue weighted by Gasteiger charge is 2.63. The van der Waals surface area contributed by atoms with Crippen LogP contribution in [-0.2, 0) is 19.6 Å². The molecule has 1 aliphatic heterocycles. The summed E-state index contributed by atoms with van der Waals surface area (Å²) in [5.41, 5.74) is -1.99. The van der Waals surface area contributed by atoms with Crippen LogP contribution in [-0.4, -0.2) is 69.1 Å². The van der Waals surface area contributed by atoms with Crippen LogP contribution in [0.25, 0.3) is 0 Å². The van der Waals surface area contributed by atoms with Gasteiger partial charge in [-0.25, -0.2) is 4.79 Å². The number of ether oxygens (including phenoxy) is 3. The third-order valence-electron chi connectivity index (χ3n) is 5.68. The molecule has 0 bridgehead atoms. The van der Waals surface area contributed by atoms with Gasteiger partial charge in [0.2, 0.25) is 0 Å². The van der Waals surface area contributed by atoms with E-state index in [4.69, 9.17) is 14.2 Å². The van der Waals surface area contributed by atoms with Crippen LogP contribution in [0.1, 0.15) is 62.3 Å².